The molecule has 0 bridgehead atoms. The molecule has 0 amide bonds. The van der Waals surface area contributed by atoms with Gasteiger partial charge in [0.25, 0.3) is 0 Å². The Hall–Kier alpha value is -2.74. The number of carboxylic acid groups (broad SMARTS) is 1. The summed E-state index contributed by atoms with van der Waals surface area (Å²) in [5.74, 6) is 0.699. The molecule has 1 aliphatic heterocycles. The maximum atomic E-state index is 11.1. The third-order valence-corrected chi connectivity index (χ3v) is 3.87. The van der Waals surface area contributed by atoms with Crippen molar-refractivity contribution in [2.24, 2.45) is 0 Å². The highest BCUT2D eigenvalue weighted by molar-refractivity contribution is 5.78. The lowest BCUT2D eigenvalue weighted by Gasteiger charge is -2.00. The summed E-state index contributed by atoms with van der Waals surface area (Å²) in [4.78, 5) is 23.3. The summed E-state index contributed by atoms with van der Waals surface area (Å²) in [6.45, 7) is 0.988. The molecule has 23 heavy (non-hydrogen) atoms. The number of nitrogens with zero attached hydrogens (tertiary/aromatic N) is 4. The van der Waals surface area contributed by atoms with Crippen LogP contribution in [0.1, 0.15) is 18.2 Å². The summed E-state index contributed by atoms with van der Waals surface area (Å²) < 4.78 is 6.75. The number of hydrogen-bond acceptors (Lipinski definition) is 5. The van der Waals surface area contributed by atoms with Gasteiger partial charge in [-0.15, -0.1) is 0 Å². The number of nitrogens with one attached hydrogen (secondary N) is 1. The van der Waals surface area contributed by atoms with Gasteiger partial charge in [0, 0.05) is 12.5 Å². The number of rotatable bonds is 4. The van der Waals surface area contributed by atoms with Gasteiger partial charge in [0.1, 0.15) is 6.54 Å². The largest absolute Gasteiger partial charge is 0.480 e. The molecule has 0 spiro atoms. The molecule has 4 rings (SSSR count). The monoisotopic (exact) mass is 313 g/mol. The highest BCUT2D eigenvalue weighted by Crippen LogP contribution is 2.25. The van der Waals surface area contributed by atoms with E-state index in [-0.39, 0.29) is 12.5 Å². The molecule has 1 aliphatic rings. The smallest absolute Gasteiger partial charge is 0.325 e. The number of H-pyrrole nitrogens is 1. The van der Waals surface area contributed by atoms with Crippen LogP contribution in [0.4, 0.5) is 0 Å². The number of aromatic nitrogens is 5. The van der Waals surface area contributed by atoms with Crippen LogP contribution in [0.2, 0.25) is 0 Å². The molecule has 1 unspecified atom stereocenters. The zero-order chi connectivity index (χ0) is 15.8. The molecule has 1 fully saturated rings. The molecule has 0 radical (unpaired) electrons. The molecule has 118 valence electrons. The van der Waals surface area contributed by atoms with E-state index in [9.17, 15) is 4.79 Å². The van der Waals surface area contributed by atoms with Crippen molar-refractivity contribution in [1.82, 2.24) is 24.7 Å². The van der Waals surface area contributed by atoms with E-state index in [0.717, 1.165) is 17.5 Å². The lowest BCUT2D eigenvalue weighted by Crippen LogP contribution is -2.12. The van der Waals surface area contributed by atoms with Gasteiger partial charge < -0.3 is 14.8 Å². The molecule has 2 N–H and O–H groups in total. The molecular formula is C15H15N5O3. The first kappa shape index (κ1) is 13.9. The summed E-state index contributed by atoms with van der Waals surface area (Å²) in [6.07, 6.45) is 0.844. The van der Waals surface area contributed by atoms with Crippen LogP contribution in [-0.2, 0) is 16.1 Å². The third kappa shape index (κ3) is 2.57. The normalized spacial score (nSPS) is 17.8. The average molecular weight is 313 g/mol. The summed E-state index contributed by atoms with van der Waals surface area (Å²) in [5, 5.41) is 13.5. The van der Waals surface area contributed by atoms with Crippen molar-refractivity contribution in [2.45, 2.75) is 18.9 Å². The van der Waals surface area contributed by atoms with E-state index >= 15 is 0 Å². The SMILES string of the molecule is O=C(O)Cn1nc(C2CCOC2)nc1-c1nc2ccccc2[nH]1. The number of aliphatic carboxylic acids is 1. The summed E-state index contributed by atoms with van der Waals surface area (Å²) >= 11 is 0. The van der Waals surface area contributed by atoms with Crippen LogP contribution in [0, 0.1) is 0 Å². The number of fused-ring (bicyclic) bond motifs is 1. The van der Waals surface area contributed by atoms with Gasteiger partial charge in [0.05, 0.1) is 17.6 Å². The second-order valence-electron chi connectivity index (χ2n) is 5.51. The van der Waals surface area contributed by atoms with Crippen LogP contribution in [0.25, 0.3) is 22.7 Å². The number of carbonyl (C=O) groups is 1. The van der Waals surface area contributed by atoms with Gasteiger partial charge in [0.2, 0.25) is 0 Å². The number of para-hydroxylation sites is 2. The molecule has 8 heteroatoms. The van der Waals surface area contributed by atoms with E-state index in [2.05, 4.69) is 20.1 Å². The minimum atomic E-state index is -0.971. The minimum Gasteiger partial charge on any atom is -0.480 e. The maximum absolute atomic E-state index is 11.1. The zero-order valence-electron chi connectivity index (χ0n) is 12.3. The maximum Gasteiger partial charge on any atom is 0.325 e. The van der Waals surface area contributed by atoms with Gasteiger partial charge in [-0.25, -0.2) is 14.6 Å². The van der Waals surface area contributed by atoms with Gasteiger partial charge in [-0.3, -0.25) is 4.79 Å². The van der Waals surface area contributed by atoms with E-state index in [4.69, 9.17) is 9.84 Å². The Balaban J connectivity index is 1.79. The molecule has 1 atom stereocenters. The van der Waals surface area contributed by atoms with Gasteiger partial charge in [-0.1, -0.05) is 12.1 Å². The summed E-state index contributed by atoms with van der Waals surface area (Å²) in [5.41, 5.74) is 1.68. The standard InChI is InChI=1S/C15H15N5O3/c21-12(22)7-20-15(18-13(19-20)9-5-6-23-8-9)14-16-10-3-1-2-4-11(10)17-14/h1-4,9H,5-8H2,(H,16,17)(H,21,22). The number of carboxylic acids is 1. The van der Waals surface area contributed by atoms with Gasteiger partial charge in [0.15, 0.2) is 17.5 Å². The van der Waals surface area contributed by atoms with Crippen molar-refractivity contribution < 1.29 is 14.6 Å². The Morgan fingerprint density at radius 3 is 3.00 bits per heavy atom. The first-order valence-electron chi connectivity index (χ1n) is 7.40. The van der Waals surface area contributed by atoms with E-state index in [1.807, 2.05) is 24.3 Å². The molecule has 3 aromatic rings. The molecule has 3 heterocycles. The molecule has 1 aromatic carbocycles. The molecule has 2 aromatic heterocycles. The van der Waals surface area contributed by atoms with Crippen LogP contribution in [0.3, 0.4) is 0 Å². The first-order valence-corrected chi connectivity index (χ1v) is 7.40. The van der Waals surface area contributed by atoms with E-state index < -0.39 is 5.97 Å². The van der Waals surface area contributed by atoms with Crippen molar-refractivity contribution in [3.8, 4) is 11.6 Å². The number of aromatic amines is 1. The van der Waals surface area contributed by atoms with Gasteiger partial charge >= 0.3 is 5.97 Å². The quantitative estimate of drug-likeness (QED) is 0.754. The second-order valence-corrected chi connectivity index (χ2v) is 5.51. The molecule has 1 saturated heterocycles. The molecular weight excluding hydrogens is 298 g/mol. The van der Waals surface area contributed by atoms with Gasteiger partial charge in [-0.05, 0) is 18.6 Å². The Bertz CT molecular complexity index is 830. The molecule has 0 aliphatic carbocycles. The lowest BCUT2D eigenvalue weighted by molar-refractivity contribution is -0.137. The van der Waals surface area contributed by atoms with Crippen molar-refractivity contribution in [1.29, 1.82) is 0 Å². The fourth-order valence-electron chi connectivity index (χ4n) is 2.74. The van der Waals surface area contributed by atoms with E-state index in [1.165, 1.54) is 4.68 Å². The van der Waals surface area contributed by atoms with Crippen LogP contribution >= 0.6 is 0 Å². The van der Waals surface area contributed by atoms with E-state index in [1.54, 1.807) is 0 Å². The third-order valence-electron chi connectivity index (χ3n) is 3.87. The Labute approximate surface area is 131 Å². The van der Waals surface area contributed by atoms with Gasteiger partial charge in [-0.2, -0.15) is 5.10 Å². The second kappa shape index (κ2) is 5.47. The van der Waals surface area contributed by atoms with Crippen molar-refractivity contribution >= 4 is 17.0 Å². The minimum absolute atomic E-state index is 0.105. The van der Waals surface area contributed by atoms with Crippen LogP contribution in [0.15, 0.2) is 24.3 Å². The number of benzene rings is 1. The highest BCUT2D eigenvalue weighted by atomic mass is 16.5. The number of imidazole rings is 1. The fraction of sp³-hybridized carbons (Fsp3) is 0.333. The highest BCUT2D eigenvalue weighted by Gasteiger charge is 2.25. The predicted octanol–water partition coefficient (Wildman–Crippen LogP) is 1.41. The van der Waals surface area contributed by atoms with Crippen molar-refractivity contribution in [3.63, 3.8) is 0 Å². The lowest BCUT2D eigenvalue weighted by atomic mass is 10.1. The number of ether oxygens (including phenoxy) is 1. The van der Waals surface area contributed by atoms with Crippen molar-refractivity contribution in [3.05, 3.63) is 30.1 Å². The number of hydrogen-bond donors (Lipinski definition) is 2. The Morgan fingerprint density at radius 1 is 1.39 bits per heavy atom. The van der Waals surface area contributed by atoms with Crippen LogP contribution in [-0.4, -0.2) is 49.0 Å². The summed E-state index contributed by atoms with van der Waals surface area (Å²) in [7, 11) is 0. The van der Waals surface area contributed by atoms with E-state index in [0.29, 0.717) is 30.7 Å². The average Bonchev–Trinajstić information content (AvgIpc) is 3.25. The zero-order valence-corrected chi connectivity index (χ0v) is 12.3. The predicted molar refractivity (Wildman–Crippen MR) is 80.9 cm³/mol. The summed E-state index contributed by atoms with van der Waals surface area (Å²) in [6, 6.07) is 7.61. The Morgan fingerprint density at radius 2 is 2.26 bits per heavy atom. The molecule has 0 saturated carbocycles. The molecule has 8 nitrogen and oxygen atoms in total. The van der Waals surface area contributed by atoms with Crippen LogP contribution < -0.4 is 0 Å². The Kier molecular flexibility index (Phi) is 3.30. The van der Waals surface area contributed by atoms with Crippen LogP contribution in [0.5, 0.6) is 0 Å². The first-order chi connectivity index (χ1) is 11.2. The fourth-order valence-corrected chi connectivity index (χ4v) is 2.74. The topological polar surface area (TPSA) is 106 Å². The van der Waals surface area contributed by atoms with Crippen molar-refractivity contribution in [2.75, 3.05) is 13.2 Å².